The molecule has 0 bridgehead atoms. The summed E-state index contributed by atoms with van der Waals surface area (Å²) in [6.45, 7) is 4.27. The minimum Gasteiger partial charge on any atom is -0.455 e. The lowest BCUT2D eigenvalue weighted by molar-refractivity contribution is -0.150. The molecule has 2 aromatic carbocycles. The van der Waals surface area contributed by atoms with Crippen molar-refractivity contribution in [3.8, 4) is 0 Å². The normalized spacial score (nSPS) is 11.6. The number of hydrogen-bond donors (Lipinski definition) is 1. The summed E-state index contributed by atoms with van der Waals surface area (Å²) in [4.78, 5) is 24.1. The van der Waals surface area contributed by atoms with Crippen molar-refractivity contribution in [3.05, 3.63) is 71.3 Å². The highest BCUT2D eigenvalue weighted by Crippen LogP contribution is 2.20. The Labute approximate surface area is 149 Å². The van der Waals surface area contributed by atoms with E-state index in [4.69, 9.17) is 4.74 Å². The van der Waals surface area contributed by atoms with E-state index >= 15 is 0 Å². The average molecular weight is 339 g/mol. The van der Waals surface area contributed by atoms with E-state index in [1.807, 2.05) is 68.4 Å². The Hall–Kier alpha value is -2.62. The van der Waals surface area contributed by atoms with Gasteiger partial charge in [0.05, 0.1) is 5.92 Å². The smallest absolute Gasteiger partial charge is 0.313 e. The van der Waals surface area contributed by atoms with Crippen molar-refractivity contribution in [2.45, 2.75) is 32.6 Å². The Balaban J connectivity index is 1.75. The van der Waals surface area contributed by atoms with Gasteiger partial charge in [-0.15, -0.1) is 0 Å². The van der Waals surface area contributed by atoms with Crippen LogP contribution in [0.5, 0.6) is 0 Å². The number of ether oxygens (including phenoxy) is 1. The second-order valence-corrected chi connectivity index (χ2v) is 6.01. The van der Waals surface area contributed by atoms with E-state index in [1.165, 1.54) is 11.1 Å². The van der Waals surface area contributed by atoms with Crippen LogP contribution >= 0.6 is 0 Å². The molecule has 0 aliphatic carbocycles. The van der Waals surface area contributed by atoms with Gasteiger partial charge in [-0.3, -0.25) is 9.59 Å². The SMILES string of the molecule is CC[C@@H](C(=O)OCC(=O)NCCc1ccccc1C)c1ccccc1. The van der Waals surface area contributed by atoms with Gasteiger partial charge < -0.3 is 10.1 Å². The third-order valence-electron chi connectivity index (χ3n) is 4.22. The fourth-order valence-electron chi connectivity index (χ4n) is 2.74. The maximum Gasteiger partial charge on any atom is 0.313 e. The zero-order chi connectivity index (χ0) is 18.1. The largest absolute Gasteiger partial charge is 0.455 e. The second-order valence-electron chi connectivity index (χ2n) is 6.01. The first kappa shape index (κ1) is 18.7. The molecular formula is C21H25NO3. The number of amides is 1. The quantitative estimate of drug-likeness (QED) is 0.750. The summed E-state index contributed by atoms with van der Waals surface area (Å²) in [7, 11) is 0. The van der Waals surface area contributed by atoms with Gasteiger partial charge in [-0.1, -0.05) is 61.5 Å². The topological polar surface area (TPSA) is 55.4 Å². The van der Waals surface area contributed by atoms with Crippen molar-refractivity contribution in [1.29, 1.82) is 0 Å². The van der Waals surface area contributed by atoms with Crippen molar-refractivity contribution in [1.82, 2.24) is 5.32 Å². The highest BCUT2D eigenvalue weighted by molar-refractivity contribution is 5.83. The van der Waals surface area contributed by atoms with Crippen LogP contribution < -0.4 is 5.32 Å². The molecule has 2 aromatic rings. The molecule has 4 nitrogen and oxygen atoms in total. The van der Waals surface area contributed by atoms with Gasteiger partial charge in [0.15, 0.2) is 6.61 Å². The summed E-state index contributed by atoms with van der Waals surface area (Å²) >= 11 is 0. The molecule has 0 heterocycles. The maximum absolute atomic E-state index is 12.2. The second kappa shape index (κ2) is 9.62. The number of carbonyl (C=O) groups excluding carboxylic acids is 2. The minimum atomic E-state index is -0.359. The number of hydrogen-bond acceptors (Lipinski definition) is 3. The lowest BCUT2D eigenvalue weighted by Crippen LogP contribution is -2.31. The zero-order valence-corrected chi connectivity index (χ0v) is 14.8. The van der Waals surface area contributed by atoms with Gasteiger partial charge in [-0.25, -0.2) is 0 Å². The molecule has 0 fully saturated rings. The van der Waals surface area contributed by atoms with E-state index < -0.39 is 0 Å². The number of aryl methyl sites for hydroxylation is 1. The molecule has 1 N–H and O–H groups in total. The molecule has 0 aliphatic heterocycles. The molecule has 0 unspecified atom stereocenters. The van der Waals surface area contributed by atoms with Crippen molar-refractivity contribution in [2.75, 3.05) is 13.2 Å². The Morgan fingerprint density at radius 3 is 2.40 bits per heavy atom. The van der Waals surface area contributed by atoms with Crippen LogP contribution in [-0.4, -0.2) is 25.0 Å². The first-order valence-electron chi connectivity index (χ1n) is 8.64. The van der Waals surface area contributed by atoms with Crippen LogP contribution in [0, 0.1) is 6.92 Å². The Morgan fingerprint density at radius 1 is 1.04 bits per heavy atom. The van der Waals surface area contributed by atoms with Gasteiger partial charge in [-0.05, 0) is 36.5 Å². The highest BCUT2D eigenvalue weighted by Gasteiger charge is 2.20. The predicted octanol–water partition coefficient (Wildman–Crippen LogP) is 3.39. The number of nitrogens with one attached hydrogen (secondary N) is 1. The maximum atomic E-state index is 12.2. The van der Waals surface area contributed by atoms with Gasteiger partial charge in [0.1, 0.15) is 0 Å². The van der Waals surface area contributed by atoms with Crippen molar-refractivity contribution in [3.63, 3.8) is 0 Å². The molecule has 25 heavy (non-hydrogen) atoms. The van der Waals surface area contributed by atoms with Crippen LogP contribution in [0.25, 0.3) is 0 Å². The van der Waals surface area contributed by atoms with Crippen LogP contribution in [0.1, 0.15) is 36.0 Å². The molecule has 1 atom stereocenters. The summed E-state index contributed by atoms with van der Waals surface area (Å²) in [5.41, 5.74) is 3.32. The van der Waals surface area contributed by atoms with Gasteiger partial charge in [-0.2, -0.15) is 0 Å². The Morgan fingerprint density at radius 2 is 1.72 bits per heavy atom. The molecule has 0 aromatic heterocycles. The monoisotopic (exact) mass is 339 g/mol. The van der Waals surface area contributed by atoms with Crippen LogP contribution in [-0.2, 0) is 20.7 Å². The zero-order valence-electron chi connectivity index (χ0n) is 14.8. The van der Waals surface area contributed by atoms with E-state index in [0.717, 1.165) is 12.0 Å². The fourth-order valence-corrected chi connectivity index (χ4v) is 2.74. The van der Waals surface area contributed by atoms with Gasteiger partial charge in [0, 0.05) is 6.54 Å². The van der Waals surface area contributed by atoms with Gasteiger partial charge in [0.2, 0.25) is 0 Å². The molecule has 0 radical (unpaired) electrons. The van der Waals surface area contributed by atoms with Crippen molar-refractivity contribution in [2.24, 2.45) is 0 Å². The standard InChI is InChI=1S/C21H25NO3/c1-3-19(18-11-5-4-6-12-18)21(24)25-15-20(23)22-14-13-17-10-8-7-9-16(17)2/h4-12,19H,3,13-15H2,1-2H3,(H,22,23)/t19-/m1/s1. The molecule has 0 saturated carbocycles. The van der Waals surface area contributed by atoms with Crippen LogP contribution in [0.3, 0.4) is 0 Å². The molecule has 132 valence electrons. The molecule has 4 heteroatoms. The molecule has 1 amide bonds. The molecule has 0 saturated heterocycles. The number of esters is 1. The number of carbonyl (C=O) groups is 2. The van der Waals surface area contributed by atoms with E-state index in [9.17, 15) is 9.59 Å². The molecule has 0 spiro atoms. The van der Waals surface area contributed by atoms with E-state index in [1.54, 1.807) is 0 Å². The summed E-state index contributed by atoms with van der Waals surface area (Å²) in [6.07, 6.45) is 1.39. The Bertz CT molecular complexity index is 697. The lowest BCUT2D eigenvalue weighted by atomic mass is 9.97. The first-order valence-corrected chi connectivity index (χ1v) is 8.64. The molecular weight excluding hydrogens is 314 g/mol. The van der Waals surface area contributed by atoms with Gasteiger partial charge in [0.25, 0.3) is 5.91 Å². The molecule has 0 aliphatic rings. The number of rotatable bonds is 8. The first-order chi connectivity index (χ1) is 12.1. The van der Waals surface area contributed by atoms with Crippen LogP contribution in [0.15, 0.2) is 54.6 Å². The third kappa shape index (κ3) is 5.75. The van der Waals surface area contributed by atoms with Gasteiger partial charge >= 0.3 is 5.97 Å². The van der Waals surface area contributed by atoms with Crippen LogP contribution in [0.2, 0.25) is 0 Å². The van der Waals surface area contributed by atoms with Crippen molar-refractivity contribution < 1.29 is 14.3 Å². The minimum absolute atomic E-state index is 0.240. The lowest BCUT2D eigenvalue weighted by Gasteiger charge is -2.14. The van der Waals surface area contributed by atoms with Crippen LogP contribution in [0.4, 0.5) is 0 Å². The third-order valence-corrected chi connectivity index (χ3v) is 4.22. The molecule has 2 rings (SSSR count). The predicted molar refractivity (Wildman–Crippen MR) is 98.3 cm³/mol. The number of benzene rings is 2. The summed E-state index contributed by atoms with van der Waals surface area (Å²) in [5.74, 6) is -0.964. The van der Waals surface area contributed by atoms with E-state index in [0.29, 0.717) is 13.0 Å². The highest BCUT2D eigenvalue weighted by atomic mass is 16.5. The van der Waals surface area contributed by atoms with E-state index in [-0.39, 0.29) is 24.4 Å². The van der Waals surface area contributed by atoms with Crippen molar-refractivity contribution >= 4 is 11.9 Å². The summed E-state index contributed by atoms with van der Waals surface area (Å²) < 4.78 is 5.19. The average Bonchev–Trinajstić information content (AvgIpc) is 2.63. The fraction of sp³-hybridized carbons (Fsp3) is 0.333. The summed E-state index contributed by atoms with van der Waals surface area (Å²) in [5, 5.41) is 2.79. The Kier molecular flexibility index (Phi) is 7.20. The summed E-state index contributed by atoms with van der Waals surface area (Å²) in [6, 6.07) is 17.6. The van der Waals surface area contributed by atoms with E-state index in [2.05, 4.69) is 5.32 Å².